The minimum Gasteiger partial charge on any atom is -0.365 e. The first-order valence-electron chi connectivity index (χ1n) is 7.76. The van der Waals surface area contributed by atoms with E-state index in [9.17, 15) is 9.59 Å². The Bertz CT molecular complexity index is 793. The summed E-state index contributed by atoms with van der Waals surface area (Å²) in [7, 11) is 0. The van der Waals surface area contributed by atoms with Crippen LogP contribution in [0.2, 0.25) is 0 Å². The number of carbonyl (C=O) groups is 2. The molecule has 3 rings (SSSR count). The maximum absolute atomic E-state index is 12.4. The number of carbonyl (C=O) groups excluding carboxylic acids is 2. The number of amides is 2. The fraction of sp³-hybridized carbons (Fsp3) is 0.333. The number of thiophene rings is 1. The molecule has 1 aliphatic carbocycles. The molecule has 0 aliphatic heterocycles. The van der Waals surface area contributed by atoms with Crippen LogP contribution in [0.1, 0.15) is 43.9 Å². The van der Waals surface area contributed by atoms with E-state index in [0.717, 1.165) is 36.0 Å². The van der Waals surface area contributed by atoms with E-state index in [1.165, 1.54) is 21.8 Å². The minimum absolute atomic E-state index is 0.110. The number of hydrogen-bond acceptors (Lipinski definition) is 3. The van der Waals surface area contributed by atoms with Gasteiger partial charge in [0.25, 0.3) is 5.91 Å². The van der Waals surface area contributed by atoms with Gasteiger partial charge < -0.3 is 11.1 Å². The van der Waals surface area contributed by atoms with Crippen molar-refractivity contribution in [2.45, 2.75) is 39.5 Å². The van der Waals surface area contributed by atoms with Gasteiger partial charge in [0.2, 0.25) is 5.91 Å². The first-order valence-corrected chi connectivity index (χ1v) is 8.58. The van der Waals surface area contributed by atoms with Gasteiger partial charge in [-0.1, -0.05) is 18.2 Å². The molecule has 0 fully saturated rings. The number of aryl methyl sites for hydroxylation is 2. The van der Waals surface area contributed by atoms with Crippen molar-refractivity contribution in [1.29, 1.82) is 0 Å². The molecular weight excluding hydrogens is 308 g/mol. The van der Waals surface area contributed by atoms with E-state index in [4.69, 9.17) is 5.73 Å². The molecule has 0 saturated carbocycles. The normalized spacial score (nSPS) is 13.0. The summed E-state index contributed by atoms with van der Waals surface area (Å²) in [5.74, 6) is -0.562. The van der Waals surface area contributed by atoms with Gasteiger partial charge in [-0.3, -0.25) is 9.59 Å². The van der Waals surface area contributed by atoms with E-state index in [0.29, 0.717) is 17.0 Å². The molecule has 0 bridgehead atoms. The van der Waals surface area contributed by atoms with Crippen molar-refractivity contribution in [3.05, 3.63) is 50.9 Å². The van der Waals surface area contributed by atoms with E-state index < -0.39 is 5.91 Å². The number of rotatable bonds is 4. The summed E-state index contributed by atoms with van der Waals surface area (Å²) in [6, 6.07) is 5.95. The molecule has 4 nitrogen and oxygen atoms in total. The molecular formula is C18H20N2O2S. The van der Waals surface area contributed by atoms with Crippen LogP contribution in [0.25, 0.3) is 0 Å². The molecule has 2 aromatic rings. The van der Waals surface area contributed by atoms with E-state index in [-0.39, 0.29) is 5.91 Å². The molecule has 1 aliphatic rings. The van der Waals surface area contributed by atoms with Crippen LogP contribution in [0.4, 0.5) is 5.00 Å². The fourth-order valence-electron chi connectivity index (χ4n) is 3.10. The van der Waals surface area contributed by atoms with Gasteiger partial charge in [-0.2, -0.15) is 0 Å². The summed E-state index contributed by atoms with van der Waals surface area (Å²) in [6.07, 6.45) is 3.19. The van der Waals surface area contributed by atoms with Gasteiger partial charge in [-0.05, 0) is 55.4 Å². The molecule has 1 aromatic carbocycles. The number of primary amides is 1. The Labute approximate surface area is 139 Å². The molecule has 0 unspecified atom stereocenters. The number of benzene rings is 1. The summed E-state index contributed by atoms with van der Waals surface area (Å²) in [6.45, 7) is 4.05. The third-order valence-electron chi connectivity index (χ3n) is 4.49. The highest BCUT2D eigenvalue weighted by Crippen LogP contribution is 2.38. The van der Waals surface area contributed by atoms with Crippen molar-refractivity contribution in [2.24, 2.45) is 5.73 Å². The Kier molecular flexibility index (Phi) is 4.22. The highest BCUT2D eigenvalue weighted by Gasteiger charge is 2.26. The van der Waals surface area contributed by atoms with Crippen molar-refractivity contribution < 1.29 is 9.59 Å². The lowest BCUT2D eigenvalue weighted by atomic mass is 10.0. The molecule has 0 spiro atoms. The Balaban J connectivity index is 1.81. The highest BCUT2D eigenvalue weighted by molar-refractivity contribution is 7.17. The second-order valence-electron chi connectivity index (χ2n) is 6.01. The lowest BCUT2D eigenvalue weighted by Gasteiger charge is -2.09. The van der Waals surface area contributed by atoms with Crippen molar-refractivity contribution >= 4 is 28.2 Å². The van der Waals surface area contributed by atoms with Crippen molar-refractivity contribution in [2.75, 3.05) is 5.32 Å². The van der Waals surface area contributed by atoms with Crippen LogP contribution in [0, 0.1) is 13.8 Å². The van der Waals surface area contributed by atoms with Gasteiger partial charge in [-0.25, -0.2) is 0 Å². The summed E-state index contributed by atoms with van der Waals surface area (Å²) < 4.78 is 0. The van der Waals surface area contributed by atoms with Gasteiger partial charge in [0, 0.05) is 4.88 Å². The standard InChI is InChI=1S/C18H20N2O2S/c1-10-5-3-6-12(11(10)2)9-15(21)20-18-16(17(19)22)13-7-4-8-14(13)23-18/h3,5-6H,4,7-9H2,1-2H3,(H2,19,22)(H,20,21). The monoisotopic (exact) mass is 328 g/mol. The van der Waals surface area contributed by atoms with Crippen LogP contribution in [0.3, 0.4) is 0 Å². The molecule has 3 N–H and O–H groups in total. The Morgan fingerprint density at radius 3 is 2.78 bits per heavy atom. The SMILES string of the molecule is Cc1cccc(CC(=O)Nc2sc3c(c2C(N)=O)CCC3)c1C. The smallest absolute Gasteiger partial charge is 0.251 e. The van der Waals surface area contributed by atoms with Crippen LogP contribution in [-0.2, 0) is 24.1 Å². The Morgan fingerprint density at radius 2 is 2.04 bits per heavy atom. The number of nitrogens with two attached hydrogens (primary N) is 1. The second-order valence-corrected chi connectivity index (χ2v) is 7.11. The van der Waals surface area contributed by atoms with Gasteiger partial charge in [0.1, 0.15) is 5.00 Å². The highest BCUT2D eigenvalue weighted by atomic mass is 32.1. The zero-order chi connectivity index (χ0) is 16.6. The summed E-state index contributed by atoms with van der Waals surface area (Å²) >= 11 is 1.49. The van der Waals surface area contributed by atoms with Crippen LogP contribution < -0.4 is 11.1 Å². The average Bonchev–Trinajstić information content (AvgIpc) is 3.03. The summed E-state index contributed by atoms with van der Waals surface area (Å²) in [5, 5.41) is 3.50. The van der Waals surface area contributed by atoms with Crippen molar-refractivity contribution in [3.63, 3.8) is 0 Å². The van der Waals surface area contributed by atoms with Crippen LogP contribution >= 0.6 is 11.3 Å². The van der Waals surface area contributed by atoms with Gasteiger partial charge in [-0.15, -0.1) is 11.3 Å². The lowest BCUT2D eigenvalue weighted by molar-refractivity contribution is -0.115. The number of hydrogen-bond donors (Lipinski definition) is 2. The van der Waals surface area contributed by atoms with Crippen LogP contribution in [-0.4, -0.2) is 11.8 Å². The minimum atomic E-state index is -0.452. The number of anilines is 1. The van der Waals surface area contributed by atoms with Crippen LogP contribution in [0.15, 0.2) is 18.2 Å². The zero-order valence-corrected chi connectivity index (χ0v) is 14.2. The van der Waals surface area contributed by atoms with Gasteiger partial charge in [0.05, 0.1) is 12.0 Å². The largest absolute Gasteiger partial charge is 0.365 e. The Hall–Kier alpha value is -2.14. The second kappa shape index (κ2) is 6.16. The molecule has 0 saturated heterocycles. The van der Waals surface area contributed by atoms with E-state index in [2.05, 4.69) is 5.32 Å². The molecule has 5 heteroatoms. The zero-order valence-electron chi connectivity index (χ0n) is 13.4. The molecule has 1 heterocycles. The predicted octanol–water partition coefficient (Wildman–Crippen LogP) is 3.13. The molecule has 2 amide bonds. The number of fused-ring (bicyclic) bond motifs is 1. The summed E-state index contributed by atoms with van der Waals surface area (Å²) in [4.78, 5) is 25.3. The first kappa shape index (κ1) is 15.7. The quantitative estimate of drug-likeness (QED) is 0.905. The molecule has 0 radical (unpaired) electrons. The predicted molar refractivity (Wildman–Crippen MR) is 93.1 cm³/mol. The topological polar surface area (TPSA) is 72.2 Å². The van der Waals surface area contributed by atoms with Gasteiger partial charge >= 0.3 is 0 Å². The van der Waals surface area contributed by atoms with Gasteiger partial charge in [0.15, 0.2) is 0 Å². The average molecular weight is 328 g/mol. The molecule has 0 atom stereocenters. The Morgan fingerprint density at radius 1 is 1.26 bits per heavy atom. The van der Waals surface area contributed by atoms with Crippen molar-refractivity contribution in [1.82, 2.24) is 0 Å². The van der Waals surface area contributed by atoms with Crippen molar-refractivity contribution in [3.8, 4) is 0 Å². The van der Waals surface area contributed by atoms with E-state index in [1.807, 2.05) is 32.0 Å². The maximum atomic E-state index is 12.4. The van der Waals surface area contributed by atoms with Crippen LogP contribution in [0.5, 0.6) is 0 Å². The van der Waals surface area contributed by atoms with E-state index in [1.54, 1.807) is 0 Å². The lowest BCUT2D eigenvalue weighted by Crippen LogP contribution is -2.19. The summed E-state index contributed by atoms with van der Waals surface area (Å²) in [5.41, 5.74) is 10.4. The number of nitrogens with one attached hydrogen (secondary N) is 1. The third kappa shape index (κ3) is 3.01. The van der Waals surface area contributed by atoms with E-state index >= 15 is 0 Å². The maximum Gasteiger partial charge on any atom is 0.251 e. The molecule has 120 valence electrons. The fourth-order valence-corrected chi connectivity index (χ4v) is 4.41. The molecule has 23 heavy (non-hydrogen) atoms. The third-order valence-corrected chi connectivity index (χ3v) is 5.70. The first-order chi connectivity index (χ1) is 11.0. The molecule has 1 aromatic heterocycles.